The molecule has 3 atom stereocenters. The molecule has 3 unspecified atom stereocenters. The minimum Gasteiger partial charge on any atom is -0.362 e. The Kier molecular flexibility index (Phi) is 8.01. The molecule has 1 rings (SSSR count). The number of carbonyl (C=O) groups excluding carboxylic acids is 3. The van der Waals surface area contributed by atoms with Crippen LogP contribution in [0.5, 0.6) is 0 Å². The number of carbonyl (C=O) groups is 3. The fraction of sp³-hybridized carbons (Fsp3) is 0.700. The Hall–Kier alpha value is 0.350. The first kappa shape index (κ1) is 18.4. The molecule has 0 radical (unpaired) electrons. The van der Waals surface area contributed by atoms with Crippen molar-refractivity contribution in [3.8, 4) is 0 Å². The Morgan fingerprint density at radius 3 is 2.70 bits per heavy atom. The molecule has 6 nitrogen and oxygen atoms in total. The first-order valence-electron chi connectivity index (χ1n) is 5.72. The van der Waals surface area contributed by atoms with E-state index in [1.807, 2.05) is 0 Å². The highest BCUT2D eigenvalue weighted by molar-refractivity contribution is 14.2. The van der Waals surface area contributed by atoms with Gasteiger partial charge < -0.3 is 10.1 Å². The second-order valence-corrected chi connectivity index (χ2v) is 10.9. The molecule has 3 amide bonds. The van der Waals surface area contributed by atoms with Crippen LogP contribution in [0.15, 0.2) is 0 Å². The molecule has 1 saturated heterocycles. The van der Waals surface area contributed by atoms with Crippen LogP contribution in [0.3, 0.4) is 0 Å². The lowest BCUT2D eigenvalue weighted by Crippen LogP contribution is -2.50. The van der Waals surface area contributed by atoms with E-state index in [1.165, 1.54) is 35.7 Å². The molecule has 1 N–H and O–H groups in total. The number of amides is 3. The number of imide groups is 1. The average Bonchev–Trinajstić information content (AvgIpc) is 2.70. The summed E-state index contributed by atoms with van der Waals surface area (Å²) in [5, 5.41) is 2.17. The molecule has 0 aromatic heterocycles. The minimum atomic E-state index is -0.824. The van der Waals surface area contributed by atoms with Crippen molar-refractivity contribution in [1.82, 2.24) is 10.2 Å². The van der Waals surface area contributed by atoms with Gasteiger partial charge in [0.25, 0.3) is 0 Å². The zero-order valence-electron chi connectivity index (χ0n) is 11.1. The van der Waals surface area contributed by atoms with E-state index in [4.69, 9.17) is 4.74 Å². The van der Waals surface area contributed by atoms with E-state index in [2.05, 4.69) is 26.5 Å². The van der Waals surface area contributed by atoms with Crippen LogP contribution in [0.25, 0.3) is 0 Å². The molecule has 0 bridgehead atoms. The van der Waals surface area contributed by atoms with Crippen molar-refractivity contribution < 1.29 is 19.1 Å². The molecule has 10 heteroatoms. The Morgan fingerprint density at radius 1 is 1.50 bits per heavy atom. The van der Waals surface area contributed by atoms with Gasteiger partial charge in [0.2, 0.25) is 17.7 Å². The average molecular weight is 450 g/mol. The van der Waals surface area contributed by atoms with Gasteiger partial charge in [-0.15, -0.1) is 0 Å². The molecule has 114 valence electrons. The number of nitrogens with one attached hydrogen (secondary N) is 1. The quantitative estimate of drug-likeness (QED) is 0.275. The molecule has 0 saturated carbocycles. The number of halogens is 1. The summed E-state index contributed by atoms with van der Waals surface area (Å²) < 4.78 is 4.93. The summed E-state index contributed by atoms with van der Waals surface area (Å²) in [6.45, 7) is 3.21. The summed E-state index contributed by atoms with van der Waals surface area (Å²) in [5.41, 5.74) is 0. The van der Waals surface area contributed by atoms with E-state index in [0.717, 1.165) is 4.90 Å². The third kappa shape index (κ3) is 4.68. The molecule has 1 aliphatic heterocycles. The lowest BCUT2D eigenvalue weighted by atomic mass is 10.2. The summed E-state index contributed by atoms with van der Waals surface area (Å²) in [7, 11) is 5.75. The second-order valence-electron chi connectivity index (χ2n) is 4.08. The monoisotopic (exact) mass is 450 g/mol. The first-order valence-corrected chi connectivity index (χ1v) is 11.8. The third-order valence-electron chi connectivity index (χ3n) is 2.79. The minimum absolute atomic E-state index is 0.144. The van der Waals surface area contributed by atoms with Gasteiger partial charge >= 0.3 is 0 Å². The predicted octanol–water partition coefficient (Wildman–Crippen LogP) is 1.99. The van der Waals surface area contributed by atoms with Gasteiger partial charge in [0.05, 0.1) is 0 Å². The number of hydrogen-bond donors (Lipinski definition) is 1. The van der Waals surface area contributed by atoms with E-state index < -0.39 is 23.4 Å². The molecule has 1 fully saturated rings. The summed E-state index contributed by atoms with van der Waals surface area (Å²) in [6.07, 6.45) is -0.320. The number of nitrogens with zero attached hydrogens (tertiary/aromatic N) is 1. The summed E-state index contributed by atoms with van der Waals surface area (Å²) >= 11 is 2.10. The van der Waals surface area contributed by atoms with Gasteiger partial charge in [-0.1, -0.05) is 10.8 Å². The van der Waals surface area contributed by atoms with Crippen LogP contribution in [0, 0.1) is 0 Å². The molecular formula is C10H15IN2O4S3. The van der Waals surface area contributed by atoms with Crippen molar-refractivity contribution >= 4 is 67.5 Å². The molecular weight excluding hydrogens is 435 g/mol. The van der Waals surface area contributed by atoms with Gasteiger partial charge in [0.15, 0.2) is 0 Å². The molecule has 1 heterocycles. The maximum atomic E-state index is 12.2. The van der Waals surface area contributed by atoms with Crippen molar-refractivity contribution in [2.75, 3.05) is 7.11 Å². The maximum Gasteiger partial charge on any atom is 0.244 e. The van der Waals surface area contributed by atoms with E-state index in [0.29, 0.717) is 0 Å². The fourth-order valence-electron chi connectivity index (χ4n) is 1.66. The highest BCUT2D eigenvalue weighted by Gasteiger charge is 2.43. The van der Waals surface area contributed by atoms with E-state index in [9.17, 15) is 14.4 Å². The van der Waals surface area contributed by atoms with Crippen molar-refractivity contribution in [2.45, 2.75) is 37.8 Å². The Bertz CT molecular complexity index is 399. The normalized spacial score (nSPS) is 22.0. The lowest BCUT2D eigenvalue weighted by Gasteiger charge is -2.23. The number of hydrogen-bond acceptors (Lipinski definition) is 7. The summed E-state index contributed by atoms with van der Waals surface area (Å²) in [6, 6.07) is -0.824. The molecule has 0 aliphatic carbocycles. The largest absolute Gasteiger partial charge is 0.362 e. The number of ether oxygens (including phenoxy) is 1. The molecule has 0 aromatic carbocycles. The van der Waals surface area contributed by atoms with Crippen LogP contribution in [-0.2, 0) is 19.1 Å². The topological polar surface area (TPSA) is 75.7 Å². The Labute approximate surface area is 141 Å². The van der Waals surface area contributed by atoms with Crippen molar-refractivity contribution in [3.63, 3.8) is 0 Å². The van der Waals surface area contributed by atoms with Gasteiger partial charge in [-0.05, 0) is 31.6 Å². The maximum absolute atomic E-state index is 12.2. The smallest absolute Gasteiger partial charge is 0.244 e. The second kappa shape index (κ2) is 8.71. The Morgan fingerprint density at radius 2 is 2.15 bits per heavy atom. The fourth-order valence-corrected chi connectivity index (χ4v) is 6.43. The number of likely N-dealkylation sites (tertiary alicyclic amines) is 1. The van der Waals surface area contributed by atoms with E-state index in [1.54, 1.807) is 13.8 Å². The highest BCUT2D eigenvalue weighted by atomic mass is 127. The summed E-state index contributed by atoms with van der Waals surface area (Å²) in [5.74, 6) is -1.01. The van der Waals surface area contributed by atoms with Crippen molar-refractivity contribution in [1.29, 1.82) is 0 Å². The van der Waals surface area contributed by atoms with Crippen LogP contribution >= 0.6 is 49.8 Å². The molecule has 0 spiro atoms. The zero-order valence-corrected chi connectivity index (χ0v) is 15.7. The van der Waals surface area contributed by atoms with Crippen LogP contribution in [0.4, 0.5) is 0 Å². The Balaban J connectivity index is 2.67. The molecule has 0 aromatic rings. The third-order valence-corrected chi connectivity index (χ3v) is 9.74. The van der Waals surface area contributed by atoms with E-state index in [-0.39, 0.29) is 18.2 Å². The van der Waals surface area contributed by atoms with Crippen LogP contribution in [0.2, 0.25) is 0 Å². The van der Waals surface area contributed by atoms with Gasteiger partial charge in [-0.3, -0.25) is 19.3 Å². The van der Waals surface area contributed by atoms with Gasteiger partial charge in [-0.25, -0.2) is 0 Å². The van der Waals surface area contributed by atoms with E-state index >= 15 is 0 Å². The molecule has 20 heavy (non-hydrogen) atoms. The SMILES string of the molecule is COC(C)NC(=O)C(C)N1C(=O)CC(SSSI)C1=O. The standard InChI is InChI=1S/C10H15IN2O4S3/c1-5(9(15)12-6(2)17-3)13-8(14)4-7(10(13)16)18-20-19-11/h5-7H,4H2,1-3H3,(H,12,15). The number of methoxy groups -OCH3 is 1. The predicted molar refractivity (Wildman–Crippen MR) is 91.1 cm³/mol. The van der Waals surface area contributed by atoms with Crippen molar-refractivity contribution in [2.24, 2.45) is 0 Å². The van der Waals surface area contributed by atoms with Crippen molar-refractivity contribution in [3.05, 3.63) is 0 Å². The summed E-state index contributed by atoms with van der Waals surface area (Å²) in [4.78, 5) is 37.1. The highest BCUT2D eigenvalue weighted by Crippen LogP contribution is 2.44. The van der Waals surface area contributed by atoms with Gasteiger partial charge in [-0.2, -0.15) is 0 Å². The lowest BCUT2D eigenvalue weighted by molar-refractivity contribution is -0.147. The first-order chi connectivity index (χ1) is 9.42. The zero-order chi connectivity index (χ0) is 15.3. The van der Waals surface area contributed by atoms with Gasteiger partial charge in [0.1, 0.15) is 17.5 Å². The van der Waals surface area contributed by atoms with Crippen LogP contribution in [0.1, 0.15) is 20.3 Å². The van der Waals surface area contributed by atoms with Crippen LogP contribution < -0.4 is 5.32 Å². The van der Waals surface area contributed by atoms with Crippen LogP contribution in [-0.4, -0.2) is 47.3 Å². The number of rotatable bonds is 7. The van der Waals surface area contributed by atoms with Gasteiger partial charge in [0, 0.05) is 34.7 Å². The molecule has 1 aliphatic rings.